The van der Waals surface area contributed by atoms with Crippen LogP contribution in [0.4, 0.5) is 14.5 Å². The van der Waals surface area contributed by atoms with Crippen LogP contribution in [0.15, 0.2) is 48.5 Å². The van der Waals surface area contributed by atoms with E-state index in [0.29, 0.717) is 0 Å². The van der Waals surface area contributed by atoms with Crippen LogP contribution in [-0.4, -0.2) is 18.0 Å². The fourth-order valence-electron chi connectivity index (χ4n) is 1.67. The van der Waals surface area contributed by atoms with Gasteiger partial charge >= 0.3 is 5.97 Å². The number of amides is 1. The molecule has 6 heteroatoms. The molecule has 0 radical (unpaired) electrons. The number of hydrogen-bond donors (Lipinski definition) is 1. The van der Waals surface area contributed by atoms with Crippen molar-refractivity contribution in [3.05, 3.63) is 65.7 Å². The first-order valence-corrected chi connectivity index (χ1v) is 6.49. The van der Waals surface area contributed by atoms with Gasteiger partial charge < -0.3 is 10.1 Å². The molecule has 1 amide bonds. The minimum absolute atomic E-state index is 0.00261. The number of carbonyl (C=O) groups is 2. The molecule has 0 spiro atoms. The summed E-state index contributed by atoms with van der Waals surface area (Å²) in [5.41, 5.74) is 0.115. The van der Waals surface area contributed by atoms with Crippen LogP contribution < -0.4 is 5.32 Å². The first-order valence-electron chi connectivity index (χ1n) is 6.49. The number of benzene rings is 2. The topological polar surface area (TPSA) is 55.4 Å². The molecule has 2 aromatic carbocycles. The quantitative estimate of drug-likeness (QED) is 0.883. The van der Waals surface area contributed by atoms with Gasteiger partial charge in [0.2, 0.25) is 0 Å². The van der Waals surface area contributed by atoms with Crippen LogP contribution in [0.5, 0.6) is 0 Å². The molecule has 0 unspecified atom stereocenters. The number of rotatable bonds is 4. The molecule has 114 valence electrons. The molecule has 2 aromatic rings. The third-order valence-electron chi connectivity index (χ3n) is 2.86. The Balaban J connectivity index is 1.98. The monoisotopic (exact) mass is 305 g/mol. The summed E-state index contributed by atoms with van der Waals surface area (Å²) in [5.74, 6) is -2.51. The van der Waals surface area contributed by atoms with Gasteiger partial charge in [-0.05, 0) is 43.3 Å². The predicted octanol–water partition coefficient (Wildman–Crippen LogP) is 3.15. The highest BCUT2D eigenvalue weighted by Gasteiger charge is 2.19. The van der Waals surface area contributed by atoms with Gasteiger partial charge in [-0.3, -0.25) is 4.79 Å². The second-order valence-electron chi connectivity index (χ2n) is 4.52. The summed E-state index contributed by atoms with van der Waals surface area (Å²) in [6.45, 7) is 1.36. The summed E-state index contributed by atoms with van der Waals surface area (Å²) in [6.07, 6.45) is -1.13. The molecule has 0 bridgehead atoms. The van der Waals surface area contributed by atoms with Crippen molar-refractivity contribution in [2.24, 2.45) is 0 Å². The molecule has 0 aliphatic heterocycles. The minimum Gasteiger partial charge on any atom is -0.449 e. The Kier molecular flexibility index (Phi) is 4.83. The molecule has 1 N–H and O–H groups in total. The largest absolute Gasteiger partial charge is 0.449 e. The van der Waals surface area contributed by atoms with E-state index < -0.39 is 29.6 Å². The molecule has 22 heavy (non-hydrogen) atoms. The highest BCUT2D eigenvalue weighted by molar-refractivity contribution is 5.97. The lowest BCUT2D eigenvalue weighted by Gasteiger charge is -2.13. The number of para-hydroxylation sites is 1. The lowest BCUT2D eigenvalue weighted by atomic mass is 10.2. The van der Waals surface area contributed by atoms with Crippen molar-refractivity contribution in [2.75, 3.05) is 5.32 Å². The number of esters is 1. The van der Waals surface area contributed by atoms with Crippen LogP contribution in [0.2, 0.25) is 0 Å². The minimum atomic E-state index is -1.13. The number of carbonyl (C=O) groups excluding carboxylic acids is 2. The number of nitrogens with one attached hydrogen (secondary N) is 1. The number of anilines is 1. The standard InChI is InChI=1S/C16H13F2NO3/c1-10(15(20)19-14-5-3-2-4-13(14)18)22-16(21)11-6-8-12(17)9-7-11/h2-10H,1H3,(H,19,20)/t10-/m1/s1. The summed E-state index contributed by atoms with van der Waals surface area (Å²) < 4.78 is 31.1. The Morgan fingerprint density at radius 3 is 2.32 bits per heavy atom. The maximum Gasteiger partial charge on any atom is 0.338 e. The van der Waals surface area contributed by atoms with Crippen molar-refractivity contribution < 1.29 is 23.1 Å². The van der Waals surface area contributed by atoms with Crippen LogP contribution >= 0.6 is 0 Å². The van der Waals surface area contributed by atoms with Crippen LogP contribution in [0, 0.1) is 11.6 Å². The van der Waals surface area contributed by atoms with Crippen molar-refractivity contribution in [3.8, 4) is 0 Å². The number of hydrogen-bond acceptors (Lipinski definition) is 3. The number of ether oxygens (including phenoxy) is 1. The lowest BCUT2D eigenvalue weighted by Crippen LogP contribution is -2.30. The van der Waals surface area contributed by atoms with E-state index in [1.807, 2.05) is 0 Å². The van der Waals surface area contributed by atoms with Crippen LogP contribution in [0.1, 0.15) is 17.3 Å². The third kappa shape index (κ3) is 3.88. The first-order chi connectivity index (χ1) is 10.5. The van der Waals surface area contributed by atoms with Gasteiger partial charge in [-0.25, -0.2) is 13.6 Å². The van der Waals surface area contributed by atoms with Crippen molar-refractivity contribution in [1.29, 1.82) is 0 Å². The Morgan fingerprint density at radius 1 is 1.05 bits per heavy atom. The molecular formula is C16H13F2NO3. The molecule has 1 atom stereocenters. The van der Waals surface area contributed by atoms with E-state index in [2.05, 4.69) is 5.32 Å². The molecule has 4 nitrogen and oxygen atoms in total. The average Bonchev–Trinajstić information content (AvgIpc) is 2.50. The van der Waals surface area contributed by atoms with Crippen LogP contribution in [-0.2, 0) is 9.53 Å². The summed E-state index contributed by atoms with van der Waals surface area (Å²) >= 11 is 0. The van der Waals surface area contributed by atoms with Crippen molar-refractivity contribution in [2.45, 2.75) is 13.0 Å². The Labute approximate surface area is 125 Å². The van der Waals surface area contributed by atoms with Gasteiger partial charge in [-0.2, -0.15) is 0 Å². The summed E-state index contributed by atoms with van der Waals surface area (Å²) in [4.78, 5) is 23.7. The Morgan fingerprint density at radius 2 is 1.68 bits per heavy atom. The average molecular weight is 305 g/mol. The van der Waals surface area contributed by atoms with E-state index in [-0.39, 0.29) is 11.3 Å². The van der Waals surface area contributed by atoms with Crippen LogP contribution in [0.25, 0.3) is 0 Å². The summed E-state index contributed by atoms with van der Waals surface area (Å²) in [5, 5.41) is 2.32. The van der Waals surface area contributed by atoms with Gasteiger partial charge in [0.25, 0.3) is 5.91 Å². The summed E-state index contributed by atoms with van der Waals surface area (Å²) in [6, 6.07) is 10.4. The maximum atomic E-state index is 13.4. The summed E-state index contributed by atoms with van der Waals surface area (Å²) in [7, 11) is 0. The normalized spacial score (nSPS) is 11.6. The van der Waals surface area contributed by atoms with Gasteiger partial charge in [-0.15, -0.1) is 0 Å². The van der Waals surface area contributed by atoms with E-state index >= 15 is 0 Å². The zero-order chi connectivity index (χ0) is 16.1. The van der Waals surface area contributed by atoms with Gasteiger partial charge in [0, 0.05) is 0 Å². The fraction of sp³-hybridized carbons (Fsp3) is 0.125. The molecule has 0 saturated carbocycles. The molecular weight excluding hydrogens is 292 g/mol. The first kappa shape index (κ1) is 15.6. The molecule has 0 aromatic heterocycles. The zero-order valence-corrected chi connectivity index (χ0v) is 11.7. The Hall–Kier alpha value is -2.76. The van der Waals surface area contributed by atoms with Crippen molar-refractivity contribution in [1.82, 2.24) is 0 Å². The van der Waals surface area contributed by atoms with E-state index in [9.17, 15) is 18.4 Å². The molecule has 0 heterocycles. The van der Waals surface area contributed by atoms with E-state index in [1.54, 1.807) is 6.07 Å². The lowest BCUT2D eigenvalue weighted by molar-refractivity contribution is -0.123. The predicted molar refractivity (Wildman–Crippen MR) is 76.3 cm³/mol. The fourth-order valence-corrected chi connectivity index (χ4v) is 1.67. The van der Waals surface area contributed by atoms with Crippen molar-refractivity contribution in [3.63, 3.8) is 0 Å². The highest BCUT2D eigenvalue weighted by Crippen LogP contribution is 2.13. The van der Waals surface area contributed by atoms with Gasteiger partial charge in [-0.1, -0.05) is 12.1 Å². The Bertz CT molecular complexity index is 686. The van der Waals surface area contributed by atoms with Crippen molar-refractivity contribution >= 4 is 17.6 Å². The molecule has 0 saturated heterocycles. The highest BCUT2D eigenvalue weighted by atomic mass is 19.1. The SMILES string of the molecule is C[C@@H](OC(=O)c1ccc(F)cc1)C(=O)Nc1ccccc1F. The smallest absolute Gasteiger partial charge is 0.338 e. The van der Waals surface area contributed by atoms with E-state index in [1.165, 1.54) is 37.3 Å². The molecule has 0 aliphatic rings. The second-order valence-corrected chi connectivity index (χ2v) is 4.52. The van der Waals surface area contributed by atoms with Crippen LogP contribution in [0.3, 0.4) is 0 Å². The number of halogens is 2. The van der Waals surface area contributed by atoms with E-state index in [0.717, 1.165) is 12.1 Å². The van der Waals surface area contributed by atoms with Gasteiger partial charge in [0.15, 0.2) is 6.10 Å². The van der Waals surface area contributed by atoms with E-state index in [4.69, 9.17) is 4.74 Å². The third-order valence-corrected chi connectivity index (χ3v) is 2.86. The second kappa shape index (κ2) is 6.80. The van der Waals surface area contributed by atoms with Gasteiger partial charge in [0.05, 0.1) is 11.3 Å². The molecule has 0 fully saturated rings. The molecule has 0 aliphatic carbocycles. The van der Waals surface area contributed by atoms with Gasteiger partial charge in [0.1, 0.15) is 11.6 Å². The molecule has 2 rings (SSSR count). The zero-order valence-electron chi connectivity index (χ0n) is 11.7. The maximum absolute atomic E-state index is 13.4.